The van der Waals surface area contributed by atoms with E-state index < -0.39 is 22.7 Å². The van der Waals surface area contributed by atoms with E-state index >= 15 is 0 Å². The minimum absolute atomic E-state index is 0.314. The molecule has 4 aromatic rings. The molecule has 1 aliphatic heterocycles. The van der Waals surface area contributed by atoms with E-state index in [1.54, 1.807) is 49.1 Å². The molecule has 176 valence electrons. The summed E-state index contributed by atoms with van der Waals surface area (Å²) in [5, 5.41) is 6.43. The zero-order chi connectivity index (χ0) is 23.9. The van der Waals surface area contributed by atoms with Crippen LogP contribution in [-0.4, -0.2) is 32.1 Å². The van der Waals surface area contributed by atoms with Gasteiger partial charge in [0.2, 0.25) is 0 Å². The van der Waals surface area contributed by atoms with E-state index in [1.165, 1.54) is 22.1 Å². The van der Waals surface area contributed by atoms with Crippen molar-refractivity contribution in [3.63, 3.8) is 0 Å². The van der Waals surface area contributed by atoms with Crippen molar-refractivity contribution in [2.24, 2.45) is 7.05 Å². The fraction of sp³-hybridized carbons (Fsp3) is 0.182. The van der Waals surface area contributed by atoms with Gasteiger partial charge in [-0.25, -0.2) is 9.19 Å². The highest BCUT2D eigenvalue weighted by Gasteiger charge is 2.33. The van der Waals surface area contributed by atoms with Crippen molar-refractivity contribution in [3.05, 3.63) is 65.8 Å². The average Bonchev–Trinajstić information content (AvgIpc) is 3.49. The molecule has 1 unspecified atom stereocenters. The van der Waals surface area contributed by atoms with Crippen molar-refractivity contribution in [2.45, 2.75) is 11.1 Å². The third-order valence-electron chi connectivity index (χ3n) is 5.33. The van der Waals surface area contributed by atoms with Gasteiger partial charge in [0.05, 0.1) is 34.1 Å². The Morgan fingerprint density at radius 1 is 1.12 bits per heavy atom. The number of hydrogen-bond donors (Lipinski definition) is 1. The van der Waals surface area contributed by atoms with E-state index in [9.17, 15) is 17.4 Å². The normalized spacial score (nSPS) is 14.4. The molecule has 0 spiro atoms. The maximum absolute atomic E-state index is 13.5. The molecule has 0 fully saturated rings. The van der Waals surface area contributed by atoms with Crippen LogP contribution >= 0.6 is 11.3 Å². The quantitative estimate of drug-likeness (QED) is 0.402. The zero-order valence-electron chi connectivity index (χ0n) is 17.7. The van der Waals surface area contributed by atoms with Gasteiger partial charge < -0.3 is 9.64 Å². The van der Waals surface area contributed by atoms with Gasteiger partial charge in [-0.1, -0.05) is 0 Å². The van der Waals surface area contributed by atoms with Crippen LogP contribution < -0.4 is 14.4 Å². The van der Waals surface area contributed by atoms with Crippen LogP contribution in [0.5, 0.6) is 5.75 Å². The summed E-state index contributed by atoms with van der Waals surface area (Å²) in [5.41, 5.74) is 1.49. The number of halogens is 3. The summed E-state index contributed by atoms with van der Waals surface area (Å²) in [4.78, 5) is 6.47. The second-order valence-corrected chi connectivity index (χ2v) is 9.51. The minimum atomic E-state index is -4.47. The van der Waals surface area contributed by atoms with Crippen molar-refractivity contribution < 1.29 is 22.1 Å². The number of rotatable bonds is 5. The number of aryl methyl sites for hydroxylation is 1. The summed E-state index contributed by atoms with van der Waals surface area (Å²) in [6, 6.07) is 10.5. The van der Waals surface area contributed by atoms with Gasteiger partial charge in [-0.3, -0.25) is 9.40 Å². The third kappa shape index (κ3) is 4.26. The van der Waals surface area contributed by atoms with Crippen LogP contribution in [0.15, 0.2) is 65.1 Å². The van der Waals surface area contributed by atoms with E-state index in [-0.39, 0.29) is 0 Å². The van der Waals surface area contributed by atoms with Crippen molar-refractivity contribution in [3.8, 4) is 17.0 Å². The molecule has 1 aliphatic rings. The van der Waals surface area contributed by atoms with Crippen LogP contribution in [0.3, 0.4) is 0 Å². The summed E-state index contributed by atoms with van der Waals surface area (Å²) in [7, 11) is 0.136. The van der Waals surface area contributed by atoms with Crippen molar-refractivity contribution in [1.29, 1.82) is 0 Å². The summed E-state index contributed by atoms with van der Waals surface area (Å²) in [6.07, 6.45) is -1.32. The largest absolute Gasteiger partial charge is 0.489 e. The fourth-order valence-electron chi connectivity index (χ4n) is 3.77. The Morgan fingerprint density at radius 2 is 1.94 bits per heavy atom. The highest BCUT2D eigenvalue weighted by molar-refractivity contribution is 7.86. The van der Waals surface area contributed by atoms with E-state index in [0.29, 0.717) is 51.6 Å². The Bertz CT molecular complexity index is 1360. The molecule has 0 saturated carbocycles. The van der Waals surface area contributed by atoms with Gasteiger partial charge in [-0.2, -0.15) is 18.3 Å². The number of anilines is 3. The predicted octanol–water partition coefficient (Wildman–Crippen LogP) is 5.23. The molecule has 0 aliphatic carbocycles. The molecule has 1 N–H and O–H groups in total. The molecule has 2 aromatic carbocycles. The molecule has 0 bridgehead atoms. The molecule has 7 nitrogen and oxygen atoms in total. The van der Waals surface area contributed by atoms with Crippen LogP contribution in [0.1, 0.15) is 5.56 Å². The Labute approximate surface area is 199 Å². The van der Waals surface area contributed by atoms with Crippen molar-refractivity contribution in [2.75, 3.05) is 22.8 Å². The summed E-state index contributed by atoms with van der Waals surface area (Å²) >= 11 is 1.33. The lowest BCUT2D eigenvalue weighted by Crippen LogP contribution is -2.29. The van der Waals surface area contributed by atoms with Crippen molar-refractivity contribution >= 4 is 38.8 Å². The van der Waals surface area contributed by atoms with Crippen LogP contribution in [0.4, 0.5) is 29.7 Å². The molecule has 2 aromatic heterocycles. The average molecular weight is 506 g/mol. The number of benzene rings is 2. The van der Waals surface area contributed by atoms with Crippen molar-refractivity contribution in [1.82, 2.24) is 14.8 Å². The Balaban J connectivity index is 1.55. The fourth-order valence-corrected chi connectivity index (χ4v) is 5.30. The smallest absolute Gasteiger partial charge is 0.416 e. The third-order valence-corrected chi connectivity index (χ3v) is 7.21. The molecule has 12 heteroatoms. The molecular formula is C22H18F3N5O2S2. The molecule has 5 rings (SSSR count). The first-order valence-electron chi connectivity index (χ1n) is 10.1. The Hall–Kier alpha value is -3.38. The van der Waals surface area contributed by atoms with Gasteiger partial charge in [-0.05, 0) is 36.4 Å². The lowest BCUT2D eigenvalue weighted by atomic mass is 10.0. The van der Waals surface area contributed by atoms with E-state index in [1.807, 2.05) is 4.90 Å². The van der Waals surface area contributed by atoms with E-state index in [2.05, 4.69) is 14.8 Å². The first-order valence-corrected chi connectivity index (χ1v) is 12.2. The Morgan fingerprint density at radius 3 is 2.65 bits per heavy atom. The molecule has 0 amide bonds. The highest BCUT2D eigenvalue weighted by Crippen LogP contribution is 2.43. The predicted molar refractivity (Wildman–Crippen MR) is 125 cm³/mol. The molecule has 3 heterocycles. The number of thiazole rings is 1. The minimum Gasteiger partial charge on any atom is -0.489 e. The number of hydrogen-bond acceptors (Lipinski definition) is 6. The van der Waals surface area contributed by atoms with Gasteiger partial charge in [0.1, 0.15) is 12.4 Å². The molecule has 0 saturated heterocycles. The maximum atomic E-state index is 13.5. The number of nitrogens with one attached hydrogen (secondary N) is 1. The first-order chi connectivity index (χ1) is 16.3. The van der Waals surface area contributed by atoms with Gasteiger partial charge in [0.15, 0.2) is 16.1 Å². The van der Waals surface area contributed by atoms with Gasteiger partial charge >= 0.3 is 6.18 Å². The topological polar surface area (TPSA) is 72.3 Å². The van der Waals surface area contributed by atoms with Gasteiger partial charge in [0.25, 0.3) is 0 Å². The van der Waals surface area contributed by atoms with Gasteiger partial charge in [-0.15, -0.1) is 11.3 Å². The maximum Gasteiger partial charge on any atom is 0.416 e. The number of ether oxygens (including phenoxy) is 1. The SMILES string of the molecule is Cn1nccc1-c1cc(C(F)(F)F)ccc1N1CCOc2cc(S(=O)Nc3nccs3)ccc21. The summed E-state index contributed by atoms with van der Waals surface area (Å²) in [5.74, 6) is 0.494. The second kappa shape index (κ2) is 8.76. The van der Waals surface area contributed by atoms with Crippen LogP contribution in [0, 0.1) is 0 Å². The van der Waals surface area contributed by atoms with Gasteiger partial charge in [0, 0.05) is 36.5 Å². The molecule has 34 heavy (non-hydrogen) atoms. The number of alkyl halides is 3. The van der Waals surface area contributed by atoms with E-state index in [4.69, 9.17) is 4.74 Å². The first kappa shape index (κ1) is 22.4. The molecule has 0 radical (unpaired) electrons. The number of aromatic nitrogens is 3. The van der Waals surface area contributed by atoms with Crippen LogP contribution in [0.2, 0.25) is 0 Å². The molecular weight excluding hydrogens is 487 g/mol. The van der Waals surface area contributed by atoms with Crippen LogP contribution in [-0.2, 0) is 24.2 Å². The van der Waals surface area contributed by atoms with E-state index in [0.717, 1.165) is 12.1 Å². The second-order valence-electron chi connectivity index (χ2n) is 7.41. The Kier molecular flexibility index (Phi) is 5.78. The number of nitrogens with zero attached hydrogens (tertiary/aromatic N) is 4. The highest BCUT2D eigenvalue weighted by atomic mass is 32.2. The molecule has 1 atom stereocenters. The number of fused-ring (bicyclic) bond motifs is 1. The summed E-state index contributed by atoms with van der Waals surface area (Å²) in [6.45, 7) is 0.748. The lowest BCUT2D eigenvalue weighted by molar-refractivity contribution is -0.137. The monoisotopic (exact) mass is 505 g/mol. The lowest BCUT2D eigenvalue weighted by Gasteiger charge is -2.33. The standard InChI is InChI=1S/C22H18F3N5O2S2/c1-29-17(6-7-27-29)16-12-14(22(23,24)25)2-4-18(16)30-9-10-32-20-13-15(3-5-19(20)30)34(31)28-21-26-8-11-33-21/h2-8,11-13H,9-10H2,1H3,(H,26,28). The van der Waals surface area contributed by atoms with Crippen LogP contribution in [0.25, 0.3) is 11.3 Å². The zero-order valence-corrected chi connectivity index (χ0v) is 19.4. The summed E-state index contributed by atoms with van der Waals surface area (Å²) < 4.78 is 63.4.